The molecule has 2 radical (unpaired) electrons. The van der Waals surface area contributed by atoms with Crippen molar-refractivity contribution in [2.75, 3.05) is 0 Å². The number of hydrogen-bond acceptors (Lipinski definition) is 2. The molecule has 0 bridgehead atoms. The molecule has 1 aromatic heterocycles. The monoisotopic (exact) mass is 446 g/mol. The summed E-state index contributed by atoms with van der Waals surface area (Å²) in [5, 5.41) is 2.33. The van der Waals surface area contributed by atoms with Crippen molar-refractivity contribution in [3.8, 4) is 0 Å². The Labute approximate surface area is 203 Å². The minimum absolute atomic E-state index is 0.00421. The normalized spacial score (nSPS) is 27.5. The van der Waals surface area contributed by atoms with Crippen LogP contribution < -0.4 is 5.23 Å². The molecule has 33 heavy (non-hydrogen) atoms. The molecular weight excluding hydrogens is 403 g/mol. The molecule has 3 atom stereocenters. The van der Waals surface area contributed by atoms with E-state index in [0.29, 0.717) is 23.7 Å². The zero-order valence-electron chi connectivity index (χ0n) is 20.8. The van der Waals surface area contributed by atoms with Crippen molar-refractivity contribution in [3.63, 3.8) is 0 Å². The van der Waals surface area contributed by atoms with Crippen molar-refractivity contribution >= 4 is 26.0 Å². The highest BCUT2D eigenvalue weighted by Crippen LogP contribution is 2.46. The van der Waals surface area contributed by atoms with Gasteiger partial charge in [0.05, 0.1) is 5.69 Å². The molecule has 2 saturated carbocycles. The molecule has 2 fully saturated rings. The number of aromatic nitrogens is 1. The van der Waals surface area contributed by atoms with E-state index in [0.717, 1.165) is 5.69 Å². The minimum Gasteiger partial charge on any atom is -0.409 e. The maximum atomic E-state index is 11.8. The highest BCUT2D eigenvalue weighted by molar-refractivity contribution is 6.14. The number of carbonyl (C=O) groups is 1. The van der Waals surface area contributed by atoms with Gasteiger partial charge in [0.25, 0.3) is 0 Å². The lowest BCUT2D eigenvalue weighted by molar-refractivity contribution is -0.120. The molecule has 2 aliphatic carbocycles. The Morgan fingerprint density at radius 3 is 2.42 bits per heavy atom. The van der Waals surface area contributed by atoms with E-state index >= 15 is 0 Å². The Balaban J connectivity index is 1.67. The highest BCUT2D eigenvalue weighted by Gasteiger charge is 2.32. The van der Waals surface area contributed by atoms with Gasteiger partial charge in [-0.25, -0.2) is 0 Å². The topological polar surface area (TPSA) is 42.0 Å². The summed E-state index contributed by atoms with van der Waals surface area (Å²) in [6, 6.07) is 2.25. The van der Waals surface area contributed by atoms with Crippen LogP contribution in [0.3, 0.4) is 0 Å². The first-order valence-corrected chi connectivity index (χ1v) is 13.3. The van der Waals surface area contributed by atoms with E-state index in [1.807, 2.05) is 12.3 Å². The van der Waals surface area contributed by atoms with Crippen molar-refractivity contribution in [2.45, 2.75) is 109 Å². The summed E-state index contributed by atoms with van der Waals surface area (Å²) in [6.45, 7) is 6.08. The van der Waals surface area contributed by atoms with E-state index < -0.39 is 0 Å². The lowest BCUT2D eigenvalue weighted by atomic mass is 9.71. The number of rotatable bonds is 5. The predicted octanol–water partition coefficient (Wildman–Crippen LogP) is 7.52. The van der Waals surface area contributed by atoms with Crippen LogP contribution in [0.2, 0.25) is 0 Å². The molecule has 178 valence electrons. The van der Waals surface area contributed by atoms with E-state index in [-0.39, 0.29) is 5.91 Å². The van der Waals surface area contributed by atoms with Crippen LogP contribution in [0.5, 0.6) is 0 Å². The fraction of sp³-hybridized carbons (Fsp3) is 0.655. The van der Waals surface area contributed by atoms with Crippen LogP contribution in [0.25, 0.3) is 12.2 Å². The van der Waals surface area contributed by atoms with Crippen LogP contribution in [0.4, 0.5) is 0 Å². The van der Waals surface area contributed by atoms with Gasteiger partial charge in [0.15, 0.2) is 0 Å². The summed E-state index contributed by atoms with van der Waals surface area (Å²) in [7, 11) is 5.33. The zero-order chi connectivity index (χ0) is 23.5. The lowest BCUT2D eigenvalue weighted by Gasteiger charge is -2.34. The number of allylic oxidation sites excluding steroid dienone is 1. The Hall–Kier alpha value is -1.84. The molecule has 4 heteroatoms. The zero-order valence-corrected chi connectivity index (χ0v) is 20.8. The van der Waals surface area contributed by atoms with Gasteiger partial charge in [-0.1, -0.05) is 57.3 Å². The first-order chi connectivity index (χ1) is 16.1. The van der Waals surface area contributed by atoms with Gasteiger partial charge in [-0.15, -0.1) is 0 Å². The van der Waals surface area contributed by atoms with Crippen molar-refractivity contribution in [1.29, 1.82) is 0 Å². The molecule has 0 saturated heterocycles. The molecule has 3 nitrogen and oxygen atoms in total. The van der Waals surface area contributed by atoms with E-state index in [9.17, 15) is 4.79 Å². The molecule has 0 aliphatic heterocycles. The molecule has 3 rings (SSSR count). The Morgan fingerprint density at radius 1 is 1.09 bits per heavy atom. The molecule has 0 aromatic carbocycles. The second kappa shape index (κ2) is 13.2. The van der Waals surface area contributed by atoms with Gasteiger partial charge in [0, 0.05) is 18.2 Å². The number of nitrogens with one attached hydrogen (secondary N) is 1. The van der Waals surface area contributed by atoms with Crippen LogP contribution in [-0.4, -0.2) is 18.9 Å². The van der Waals surface area contributed by atoms with Crippen LogP contribution in [0, 0.1) is 11.3 Å². The number of pyridine rings is 1. The van der Waals surface area contributed by atoms with Crippen molar-refractivity contribution < 1.29 is 4.79 Å². The van der Waals surface area contributed by atoms with E-state index in [1.165, 1.54) is 101 Å². The van der Waals surface area contributed by atoms with Gasteiger partial charge in [0.2, 0.25) is 13.9 Å². The van der Waals surface area contributed by atoms with E-state index in [4.69, 9.17) is 7.98 Å². The molecule has 1 aromatic rings. The molecule has 1 heterocycles. The maximum Gasteiger partial charge on any atom is 0.226 e. The number of amides is 1. The Kier molecular flexibility index (Phi) is 10.3. The third-order valence-electron chi connectivity index (χ3n) is 8.31. The van der Waals surface area contributed by atoms with Gasteiger partial charge >= 0.3 is 0 Å². The summed E-state index contributed by atoms with van der Waals surface area (Å²) >= 11 is 0. The van der Waals surface area contributed by atoms with Crippen LogP contribution in [0.15, 0.2) is 24.9 Å². The standard InChI is InChI=1S/C29H43BN2O/c1-3-11-26-25(16-21-31-27(26)4-2)24-14-6-8-18-29(20-10-15-24)17-7-5-12-23(13-9-19-29)22-28(33)32-30/h3-4,11,16,21,23-24H,2,5-10,12-15,17-20,22H2,1H3,(H,32,33)/b11-3-/t23?,24?,29-/m1/s1. The van der Waals surface area contributed by atoms with Gasteiger partial charge in [-0.3, -0.25) is 9.78 Å². The van der Waals surface area contributed by atoms with Crippen molar-refractivity contribution in [2.24, 2.45) is 11.3 Å². The Morgan fingerprint density at radius 2 is 1.73 bits per heavy atom. The first kappa shape index (κ1) is 25.8. The Bertz CT molecular complexity index is 805. The summed E-state index contributed by atoms with van der Waals surface area (Å²) in [5.41, 5.74) is 4.25. The molecule has 1 N–H and O–H groups in total. The van der Waals surface area contributed by atoms with Crippen LogP contribution in [0.1, 0.15) is 126 Å². The average Bonchev–Trinajstić information content (AvgIpc) is 2.99. The maximum absolute atomic E-state index is 11.8. The van der Waals surface area contributed by atoms with Gasteiger partial charge in [-0.05, 0) is 93.2 Å². The highest BCUT2D eigenvalue weighted by atomic mass is 16.1. The van der Waals surface area contributed by atoms with Gasteiger partial charge in [0.1, 0.15) is 0 Å². The molecular formula is C29H43BN2O. The second-order valence-corrected chi connectivity index (χ2v) is 10.5. The molecule has 1 amide bonds. The summed E-state index contributed by atoms with van der Waals surface area (Å²) in [6.07, 6.45) is 26.9. The quantitative estimate of drug-likeness (QED) is 0.475. The molecule has 2 aliphatic rings. The third kappa shape index (κ3) is 7.32. The smallest absolute Gasteiger partial charge is 0.226 e. The number of nitrogens with zero attached hydrogens (tertiary/aromatic N) is 1. The van der Waals surface area contributed by atoms with E-state index in [2.05, 4.69) is 41.9 Å². The summed E-state index contributed by atoms with van der Waals surface area (Å²) < 4.78 is 0. The van der Waals surface area contributed by atoms with Gasteiger partial charge < -0.3 is 5.23 Å². The average molecular weight is 446 g/mol. The lowest BCUT2D eigenvalue weighted by Crippen LogP contribution is -2.23. The molecule has 2 unspecified atom stereocenters. The van der Waals surface area contributed by atoms with Gasteiger partial charge in [-0.2, -0.15) is 0 Å². The van der Waals surface area contributed by atoms with Crippen molar-refractivity contribution in [3.05, 3.63) is 41.7 Å². The van der Waals surface area contributed by atoms with E-state index in [1.54, 1.807) is 0 Å². The fourth-order valence-corrected chi connectivity index (χ4v) is 6.56. The van der Waals surface area contributed by atoms with Crippen LogP contribution >= 0.6 is 0 Å². The number of carbonyl (C=O) groups excluding carboxylic acids is 1. The van der Waals surface area contributed by atoms with Crippen LogP contribution in [-0.2, 0) is 4.79 Å². The number of hydrogen-bond donors (Lipinski definition) is 1. The SMILES string of the molecule is [B]NC(=O)CC1CCCC[C@@]2(CCCCC(c3ccnc(C=C)c3/C=C\C)CCC2)CCC1. The predicted molar refractivity (Wildman–Crippen MR) is 141 cm³/mol. The van der Waals surface area contributed by atoms with Crippen molar-refractivity contribution in [1.82, 2.24) is 10.2 Å². The first-order valence-electron chi connectivity index (χ1n) is 13.3. The fourth-order valence-electron chi connectivity index (χ4n) is 6.56. The second-order valence-electron chi connectivity index (χ2n) is 10.5. The third-order valence-corrected chi connectivity index (χ3v) is 8.31. The summed E-state index contributed by atoms with van der Waals surface area (Å²) in [5.74, 6) is 1.11. The largest absolute Gasteiger partial charge is 0.409 e. The molecule has 1 spiro atoms. The summed E-state index contributed by atoms with van der Waals surface area (Å²) in [4.78, 5) is 16.3. The minimum atomic E-state index is -0.00421.